The van der Waals surface area contributed by atoms with E-state index in [-0.39, 0.29) is 12.3 Å². The number of carbonyl (C=O) groups is 1. The van der Waals surface area contributed by atoms with Gasteiger partial charge < -0.3 is 5.32 Å². The summed E-state index contributed by atoms with van der Waals surface area (Å²) >= 11 is 6.02. The van der Waals surface area contributed by atoms with Crippen molar-refractivity contribution >= 4 is 23.3 Å². The van der Waals surface area contributed by atoms with Crippen LogP contribution in [0.25, 0.3) is 5.69 Å². The van der Waals surface area contributed by atoms with E-state index < -0.39 is 17.6 Å². The molecule has 1 amide bonds. The molecule has 7 heteroatoms. The molecule has 2 aromatic carbocycles. The molecular formula is C18H12ClF2N3O. The number of benzene rings is 2. The standard InChI is InChI=1S/C18H12ClF2N3O/c19-11-2-1-3-14(6-11)24-18-16(9-22-24)15(8-17(25)23-18)10-4-12(20)7-13(21)5-10/h1-7,9,15H,8H2,(H,23,25)/t15-/m0/s1. The second-order valence-corrected chi connectivity index (χ2v) is 6.28. The first-order chi connectivity index (χ1) is 12.0. The first-order valence-corrected chi connectivity index (χ1v) is 7.99. The van der Waals surface area contributed by atoms with Crippen molar-refractivity contribution in [3.8, 4) is 5.69 Å². The summed E-state index contributed by atoms with van der Waals surface area (Å²) in [6.07, 6.45) is 1.69. The second-order valence-electron chi connectivity index (χ2n) is 5.85. The first-order valence-electron chi connectivity index (χ1n) is 7.61. The maximum absolute atomic E-state index is 13.6. The van der Waals surface area contributed by atoms with Crippen molar-refractivity contribution < 1.29 is 13.6 Å². The molecule has 0 saturated heterocycles. The summed E-state index contributed by atoms with van der Waals surface area (Å²) in [6, 6.07) is 10.3. The molecule has 0 bridgehead atoms. The highest BCUT2D eigenvalue weighted by atomic mass is 35.5. The molecule has 0 saturated carbocycles. The van der Waals surface area contributed by atoms with E-state index in [0.717, 1.165) is 6.07 Å². The number of rotatable bonds is 2. The van der Waals surface area contributed by atoms with Gasteiger partial charge in [0.05, 0.1) is 11.9 Å². The third kappa shape index (κ3) is 2.89. The number of hydrogen-bond donors (Lipinski definition) is 1. The zero-order valence-electron chi connectivity index (χ0n) is 12.8. The Kier molecular flexibility index (Phi) is 3.77. The van der Waals surface area contributed by atoms with Gasteiger partial charge in [-0.1, -0.05) is 17.7 Å². The number of anilines is 1. The van der Waals surface area contributed by atoms with Gasteiger partial charge in [-0.05, 0) is 35.9 Å². The summed E-state index contributed by atoms with van der Waals surface area (Å²) in [5.41, 5.74) is 1.78. The smallest absolute Gasteiger partial charge is 0.226 e. The average Bonchev–Trinajstić information content (AvgIpc) is 2.96. The molecule has 25 heavy (non-hydrogen) atoms. The SMILES string of the molecule is O=C1C[C@@H](c2cc(F)cc(F)c2)c2cnn(-c3cccc(Cl)c3)c2N1. The van der Waals surface area contributed by atoms with Crippen LogP contribution in [-0.2, 0) is 4.79 Å². The monoisotopic (exact) mass is 359 g/mol. The minimum Gasteiger partial charge on any atom is -0.310 e. The van der Waals surface area contributed by atoms with Gasteiger partial charge in [0.2, 0.25) is 5.91 Å². The molecule has 1 atom stereocenters. The van der Waals surface area contributed by atoms with Crippen molar-refractivity contribution in [3.05, 3.63) is 76.4 Å². The van der Waals surface area contributed by atoms with E-state index in [2.05, 4.69) is 10.4 Å². The Morgan fingerprint density at radius 3 is 2.64 bits per heavy atom. The Labute approximate surface area is 147 Å². The van der Waals surface area contributed by atoms with E-state index >= 15 is 0 Å². The van der Waals surface area contributed by atoms with Gasteiger partial charge in [0.1, 0.15) is 17.5 Å². The van der Waals surface area contributed by atoms with Gasteiger partial charge in [-0.15, -0.1) is 0 Å². The summed E-state index contributed by atoms with van der Waals surface area (Å²) in [6.45, 7) is 0. The van der Waals surface area contributed by atoms with Crippen molar-refractivity contribution in [2.75, 3.05) is 5.32 Å². The highest BCUT2D eigenvalue weighted by Crippen LogP contribution is 2.38. The number of carbonyl (C=O) groups excluding carboxylic acids is 1. The number of aromatic nitrogens is 2. The summed E-state index contributed by atoms with van der Waals surface area (Å²) in [7, 11) is 0. The molecule has 0 fully saturated rings. The van der Waals surface area contributed by atoms with E-state index in [9.17, 15) is 13.6 Å². The van der Waals surface area contributed by atoms with Crippen molar-refractivity contribution in [1.82, 2.24) is 9.78 Å². The van der Waals surface area contributed by atoms with E-state index in [4.69, 9.17) is 11.6 Å². The van der Waals surface area contributed by atoms with Crippen molar-refractivity contribution in [2.45, 2.75) is 12.3 Å². The summed E-state index contributed by atoms with van der Waals surface area (Å²) in [5, 5.41) is 7.64. The Morgan fingerprint density at radius 2 is 1.92 bits per heavy atom. The number of amides is 1. The van der Waals surface area contributed by atoms with Gasteiger partial charge in [-0.25, -0.2) is 13.5 Å². The number of nitrogens with zero attached hydrogens (tertiary/aromatic N) is 2. The van der Waals surface area contributed by atoms with E-state index in [1.807, 2.05) is 0 Å². The maximum atomic E-state index is 13.6. The number of halogens is 3. The van der Waals surface area contributed by atoms with Crippen LogP contribution < -0.4 is 5.32 Å². The Balaban J connectivity index is 1.84. The Hall–Kier alpha value is -2.73. The predicted octanol–water partition coefficient (Wildman–Crippen LogP) is 4.28. The van der Waals surface area contributed by atoms with Gasteiger partial charge in [0.15, 0.2) is 0 Å². The molecule has 1 aliphatic heterocycles. The zero-order valence-corrected chi connectivity index (χ0v) is 13.6. The lowest BCUT2D eigenvalue weighted by atomic mass is 9.87. The van der Waals surface area contributed by atoms with Crippen molar-refractivity contribution in [2.24, 2.45) is 0 Å². The van der Waals surface area contributed by atoms with E-state index in [0.29, 0.717) is 27.7 Å². The largest absolute Gasteiger partial charge is 0.310 e. The highest BCUT2D eigenvalue weighted by molar-refractivity contribution is 6.30. The summed E-state index contributed by atoms with van der Waals surface area (Å²) in [5.74, 6) is -1.59. The molecule has 4 nitrogen and oxygen atoms in total. The summed E-state index contributed by atoms with van der Waals surface area (Å²) < 4.78 is 28.7. The quantitative estimate of drug-likeness (QED) is 0.742. The van der Waals surface area contributed by atoms with Crippen LogP contribution in [-0.4, -0.2) is 15.7 Å². The molecule has 0 unspecified atom stereocenters. The van der Waals surface area contributed by atoms with Gasteiger partial charge in [0, 0.05) is 29.0 Å². The fourth-order valence-electron chi connectivity index (χ4n) is 3.10. The van der Waals surface area contributed by atoms with Gasteiger partial charge in [-0.3, -0.25) is 4.79 Å². The zero-order chi connectivity index (χ0) is 17.6. The van der Waals surface area contributed by atoms with Crippen LogP contribution in [0.4, 0.5) is 14.6 Å². The number of fused-ring (bicyclic) bond motifs is 1. The molecule has 0 aliphatic carbocycles. The van der Waals surface area contributed by atoms with Crippen LogP contribution >= 0.6 is 11.6 Å². The predicted molar refractivity (Wildman–Crippen MR) is 90.0 cm³/mol. The minimum atomic E-state index is -0.676. The van der Waals surface area contributed by atoms with E-state index in [1.54, 1.807) is 35.1 Å². The van der Waals surface area contributed by atoms with Crippen LogP contribution in [0, 0.1) is 11.6 Å². The highest BCUT2D eigenvalue weighted by Gasteiger charge is 2.31. The number of hydrogen-bond acceptors (Lipinski definition) is 2. The van der Waals surface area contributed by atoms with Gasteiger partial charge in [-0.2, -0.15) is 5.10 Å². The van der Waals surface area contributed by atoms with Crippen LogP contribution in [0.15, 0.2) is 48.7 Å². The molecule has 3 aromatic rings. The molecule has 2 heterocycles. The molecule has 1 N–H and O–H groups in total. The Morgan fingerprint density at radius 1 is 1.16 bits per heavy atom. The molecule has 1 aliphatic rings. The van der Waals surface area contributed by atoms with Crippen LogP contribution in [0.5, 0.6) is 0 Å². The number of nitrogens with one attached hydrogen (secondary N) is 1. The molecule has 0 radical (unpaired) electrons. The average molecular weight is 360 g/mol. The lowest BCUT2D eigenvalue weighted by Gasteiger charge is -2.24. The topological polar surface area (TPSA) is 46.9 Å². The maximum Gasteiger partial charge on any atom is 0.226 e. The third-order valence-corrected chi connectivity index (χ3v) is 4.40. The van der Waals surface area contributed by atoms with Gasteiger partial charge in [0.25, 0.3) is 0 Å². The van der Waals surface area contributed by atoms with Crippen molar-refractivity contribution in [3.63, 3.8) is 0 Å². The fourth-order valence-corrected chi connectivity index (χ4v) is 3.28. The third-order valence-electron chi connectivity index (χ3n) is 4.16. The molecule has 1 aromatic heterocycles. The van der Waals surface area contributed by atoms with Crippen LogP contribution in [0.3, 0.4) is 0 Å². The normalized spacial score (nSPS) is 16.4. The Bertz CT molecular complexity index is 966. The lowest BCUT2D eigenvalue weighted by molar-refractivity contribution is -0.116. The molecule has 0 spiro atoms. The van der Waals surface area contributed by atoms with Crippen LogP contribution in [0.1, 0.15) is 23.5 Å². The summed E-state index contributed by atoms with van der Waals surface area (Å²) in [4.78, 5) is 12.2. The van der Waals surface area contributed by atoms with Gasteiger partial charge >= 0.3 is 0 Å². The molecule has 4 rings (SSSR count). The molecular weight excluding hydrogens is 348 g/mol. The molecule has 126 valence electrons. The first kappa shape index (κ1) is 15.8. The van der Waals surface area contributed by atoms with Crippen molar-refractivity contribution in [1.29, 1.82) is 0 Å². The second kappa shape index (κ2) is 5.97. The fraction of sp³-hybridized carbons (Fsp3) is 0.111. The van der Waals surface area contributed by atoms with Crippen LogP contribution in [0.2, 0.25) is 5.02 Å². The minimum absolute atomic E-state index is 0.0944. The lowest BCUT2D eigenvalue weighted by Crippen LogP contribution is -2.24. The van der Waals surface area contributed by atoms with E-state index in [1.165, 1.54) is 12.1 Å².